The fourth-order valence-corrected chi connectivity index (χ4v) is 1.64. The number of carbonyl (C=O) groups excluding carboxylic acids is 1. The molecule has 1 aromatic carbocycles. The van der Waals surface area contributed by atoms with Crippen LogP contribution in [-0.4, -0.2) is 5.78 Å². The molecule has 0 aliphatic rings. The van der Waals surface area contributed by atoms with Crippen LogP contribution in [0.5, 0.6) is 0 Å². The number of Topliss-reactive ketones (excluding diaryl/α,β-unsaturated/α-hetero) is 1. The normalized spacial score (nSPS) is 10.2. The first-order valence-electron chi connectivity index (χ1n) is 3.74. The van der Waals surface area contributed by atoms with Crippen LogP contribution in [0, 0.1) is 5.82 Å². The van der Waals surface area contributed by atoms with Gasteiger partial charge in [-0.15, -0.1) is 0 Å². The largest absolute Gasteiger partial charge is 0.294 e. The molecule has 1 aromatic rings. The molecule has 4 heteroatoms. The number of rotatable bonds is 2. The molecule has 1 nitrogen and oxygen atoms in total. The predicted molar refractivity (Wildman–Crippen MR) is 53.7 cm³/mol. The lowest BCUT2D eigenvalue weighted by Crippen LogP contribution is -1.98. The first kappa shape index (κ1) is 10.7. The number of hydrogen-bond donors (Lipinski definition) is 0. The molecule has 0 spiro atoms. The van der Waals surface area contributed by atoms with Crippen LogP contribution >= 0.6 is 27.5 Å². The SMILES string of the molecule is CCC(=O)c1ccc(F)c(Cl)c1Br. The zero-order chi connectivity index (χ0) is 10.0. The summed E-state index contributed by atoms with van der Waals surface area (Å²) < 4.78 is 13.2. The standard InChI is InChI=1S/C9H7BrClFO/c1-2-7(13)5-3-4-6(12)9(11)8(5)10/h3-4H,2H2,1H3. The lowest BCUT2D eigenvalue weighted by Gasteiger charge is -2.03. The van der Waals surface area contributed by atoms with Gasteiger partial charge in [-0.2, -0.15) is 0 Å². The Morgan fingerprint density at radius 1 is 1.62 bits per heavy atom. The van der Waals surface area contributed by atoms with Crippen LogP contribution in [0.4, 0.5) is 4.39 Å². The van der Waals surface area contributed by atoms with E-state index >= 15 is 0 Å². The molecule has 0 fully saturated rings. The first-order valence-corrected chi connectivity index (χ1v) is 4.91. The lowest BCUT2D eigenvalue weighted by atomic mass is 10.1. The highest BCUT2D eigenvalue weighted by Crippen LogP contribution is 2.29. The van der Waals surface area contributed by atoms with Gasteiger partial charge in [0, 0.05) is 16.5 Å². The lowest BCUT2D eigenvalue weighted by molar-refractivity contribution is 0.0987. The van der Waals surface area contributed by atoms with Crippen LogP contribution in [-0.2, 0) is 0 Å². The summed E-state index contributed by atoms with van der Waals surface area (Å²) in [4.78, 5) is 11.3. The average molecular weight is 266 g/mol. The molecule has 0 N–H and O–H groups in total. The van der Waals surface area contributed by atoms with E-state index in [1.807, 2.05) is 0 Å². The summed E-state index contributed by atoms with van der Waals surface area (Å²) in [6, 6.07) is 2.62. The summed E-state index contributed by atoms with van der Waals surface area (Å²) in [5.41, 5.74) is 0.425. The number of carbonyl (C=O) groups is 1. The second kappa shape index (κ2) is 4.20. The Morgan fingerprint density at radius 2 is 2.23 bits per heavy atom. The first-order chi connectivity index (χ1) is 6.07. The molecule has 0 bridgehead atoms. The van der Waals surface area contributed by atoms with Crippen molar-refractivity contribution in [3.05, 3.63) is 33.0 Å². The number of halogens is 3. The minimum atomic E-state index is -0.527. The van der Waals surface area contributed by atoms with E-state index in [0.717, 1.165) is 0 Å². The van der Waals surface area contributed by atoms with Gasteiger partial charge in [-0.05, 0) is 28.1 Å². The van der Waals surface area contributed by atoms with E-state index in [0.29, 0.717) is 16.5 Å². The van der Waals surface area contributed by atoms with Crippen molar-refractivity contribution in [1.29, 1.82) is 0 Å². The number of benzene rings is 1. The molecule has 0 unspecified atom stereocenters. The molecule has 0 saturated carbocycles. The van der Waals surface area contributed by atoms with E-state index < -0.39 is 5.82 Å². The van der Waals surface area contributed by atoms with E-state index in [2.05, 4.69) is 15.9 Å². The molecule has 70 valence electrons. The van der Waals surface area contributed by atoms with Crippen molar-refractivity contribution >= 4 is 33.3 Å². The Bertz CT molecular complexity index is 352. The minimum absolute atomic E-state index is 0.0423. The van der Waals surface area contributed by atoms with Gasteiger partial charge in [0.05, 0.1) is 5.02 Å². The van der Waals surface area contributed by atoms with Gasteiger partial charge < -0.3 is 0 Å². The van der Waals surface area contributed by atoms with Crippen molar-refractivity contribution in [3.63, 3.8) is 0 Å². The fourth-order valence-electron chi connectivity index (χ4n) is 0.932. The summed E-state index contributed by atoms with van der Waals surface area (Å²) in [7, 11) is 0. The number of ketones is 1. The third-order valence-electron chi connectivity index (χ3n) is 1.66. The minimum Gasteiger partial charge on any atom is -0.294 e. The molecule has 0 atom stereocenters. The highest BCUT2D eigenvalue weighted by molar-refractivity contribution is 9.10. The summed E-state index contributed by atoms with van der Waals surface area (Å²) >= 11 is 8.69. The van der Waals surface area contributed by atoms with Gasteiger partial charge in [0.25, 0.3) is 0 Å². The maximum Gasteiger partial charge on any atom is 0.163 e. The number of hydrogen-bond acceptors (Lipinski definition) is 1. The monoisotopic (exact) mass is 264 g/mol. The molecule has 0 amide bonds. The highest BCUT2D eigenvalue weighted by atomic mass is 79.9. The summed E-state index contributed by atoms with van der Waals surface area (Å²) in [6.07, 6.45) is 0.376. The molecule has 0 aliphatic heterocycles. The fraction of sp³-hybridized carbons (Fsp3) is 0.222. The molecule has 0 aromatic heterocycles. The zero-order valence-electron chi connectivity index (χ0n) is 6.90. The van der Waals surface area contributed by atoms with Gasteiger partial charge in [0.15, 0.2) is 5.78 Å². The van der Waals surface area contributed by atoms with Gasteiger partial charge >= 0.3 is 0 Å². The maximum atomic E-state index is 12.9. The maximum absolute atomic E-state index is 12.9. The Labute approximate surface area is 89.0 Å². The molecule has 0 saturated heterocycles. The third kappa shape index (κ3) is 2.09. The van der Waals surface area contributed by atoms with Gasteiger partial charge in [-0.3, -0.25) is 4.79 Å². The Hall–Kier alpha value is -0.410. The third-order valence-corrected chi connectivity index (χ3v) is 3.08. The van der Waals surface area contributed by atoms with Gasteiger partial charge in [-0.25, -0.2) is 4.39 Å². The molecule has 0 radical (unpaired) electrons. The molecular formula is C9H7BrClFO. The van der Waals surface area contributed by atoms with E-state index in [1.54, 1.807) is 6.92 Å². The topological polar surface area (TPSA) is 17.1 Å². The van der Waals surface area contributed by atoms with Crippen molar-refractivity contribution in [3.8, 4) is 0 Å². The van der Waals surface area contributed by atoms with E-state index in [1.165, 1.54) is 12.1 Å². The smallest absolute Gasteiger partial charge is 0.163 e. The predicted octanol–water partition coefficient (Wildman–Crippen LogP) is 3.83. The van der Waals surface area contributed by atoms with Crippen LogP contribution in [0.15, 0.2) is 16.6 Å². The molecule has 0 heterocycles. The van der Waals surface area contributed by atoms with Crippen LogP contribution in [0.1, 0.15) is 23.7 Å². The van der Waals surface area contributed by atoms with Crippen LogP contribution < -0.4 is 0 Å². The zero-order valence-corrected chi connectivity index (χ0v) is 9.25. The molecule has 1 rings (SSSR count). The summed E-state index contributed by atoms with van der Waals surface area (Å²) in [5, 5.41) is -0.0423. The van der Waals surface area contributed by atoms with E-state index in [4.69, 9.17) is 11.6 Å². The second-order valence-electron chi connectivity index (χ2n) is 2.50. The molecular weight excluding hydrogens is 258 g/mol. The van der Waals surface area contributed by atoms with Gasteiger partial charge in [0.1, 0.15) is 5.82 Å². The van der Waals surface area contributed by atoms with Crippen molar-refractivity contribution < 1.29 is 9.18 Å². The van der Waals surface area contributed by atoms with Crippen LogP contribution in [0.2, 0.25) is 5.02 Å². The Kier molecular flexibility index (Phi) is 3.45. The van der Waals surface area contributed by atoms with Gasteiger partial charge in [0.2, 0.25) is 0 Å². The quantitative estimate of drug-likeness (QED) is 0.586. The van der Waals surface area contributed by atoms with Crippen molar-refractivity contribution in [2.45, 2.75) is 13.3 Å². The van der Waals surface area contributed by atoms with Crippen LogP contribution in [0.25, 0.3) is 0 Å². The summed E-state index contributed by atoms with van der Waals surface area (Å²) in [6.45, 7) is 1.74. The summed E-state index contributed by atoms with van der Waals surface area (Å²) in [5.74, 6) is -0.588. The van der Waals surface area contributed by atoms with Crippen molar-refractivity contribution in [2.75, 3.05) is 0 Å². The Morgan fingerprint density at radius 3 is 2.77 bits per heavy atom. The van der Waals surface area contributed by atoms with Crippen LogP contribution in [0.3, 0.4) is 0 Å². The van der Waals surface area contributed by atoms with E-state index in [-0.39, 0.29) is 10.8 Å². The van der Waals surface area contributed by atoms with Gasteiger partial charge in [-0.1, -0.05) is 18.5 Å². The Balaban J connectivity index is 3.26. The van der Waals surface area contributed by atoms with E-state index in [9.17, 15) is 9.18 Å². The average Bonchev–Trinajstić information content (AvgIpc) is 2.13. The van der Waals surface area contributed by atoms with Crippen molar-refractivity contribution in [1.82, 2.24) is 0 Å². The second-order valence-corrected chi connectivity index (χ2v) is 3.67. The molecule has 0 aliphatic carbocycles. The molecule has 13 heavy (non-hydrogen) atoms. The highest BCUT2D eigenvalue weighted by Gasteiger charge is 2.13. The van der Waals surface area contributed by atoms with Crippen molar-refractivity contribution in [2.24, 2.45) is 0 Å².